The van der Waals surface area contributed by atoms with Gasteiger partial charge in [-0.25, -0.2) is 8.42 Å². The Morgan fingerprint density at radius 2 is 1.93 bits per heavy atom. The second-order valence-electron chi connectivity index (χ2n) is 5.53. The number of nitrogens with zero attached hydrogens (tertiary/aromatic N) is 3. The van der Waals surface area contributed by atoms with Crippen LogP contribution >= 0.6 is 0 Å². The second kappa shape index (κ2) is 7.38. The standard InChI is InChI=1S/C17H14N4O5S/c1-12-9-17(19-26-12)20-27(24,25)16-7-5-14(6-8-16)18-11-13-3-2-4-15(10-13)21(22)23/h2-11H,1H3,(H,19,20). The molecule has 27 heavy (non-hydrogen) atoms. The summed E-state index contributed by atoms with van der Waals surface area (Å²) in [5.74, 6) is 0.582. The molecule has 0 aliphatic carbocycles. The Balaban J connectivity index is 1.75. The van der Waals surface area contributed by atoms with E-state index in [4.69, 9.17) is 4.52 Å². The lowest BCUT2D eigenvalue weighted by Gasteiger charge is -2.04. The normalized spacial score (nSPS) is 11.6. The Morgan fingerprint density at radius 1 is 1.19 bits per heavy atom. The lowest BCUT2D eigenvalue weighted by molar-refractivity contribution is -0.384. The van der Waals surface area contributed by atoms with Gasteiger partial charge in [0.25, 0.3) is 15.7 Å². The molecule has 0 saturated carbocycles. The predicted molar refractivity (Wildman–Crippen MR) is 98.8 cm³/mol. The fourth-order valence-electron chi connectivity index (χ4n) is 2.19. The molecule has 0 fully saturated rings. The van der Waals surface area contributed by atoms with E-state index in [2.05, 4.69) is 14.9 Å². The van der Waals surface area contributed by atoms with Crippen molar-refractivity contribution >= 4 is 33.4 Å². The third-order valence-corrected chi connectivity index (χ3v) is 4.83. The molecule has 0 saturated heterocycles. The lowest BCUT2D eigenvalue weighted by Crippen LogP contribution is -2.12. The summed E-state index contributed by atoms with van der Waals surface area (Å²) in [4.78, 5) is 14.5. The molecule has 0 bridgehead atoms. The van der Waals surface area contributed by atoms with Crippen molar-refractivity contribution in [1.29, 1.82) is 0 Å². The van der Waals surface area contributed by atoms with E-state index >= 15 is 0 Å². The number of aliphatic imine (C=N–C) groups is 1. The summed E-state index contributed by atoms with van der Waals surface area (Å²) in [6.07, 6.45) is 1.47. The van der Waals surface area contributed by atoms with E-state index < -0.39 is 14.9 Å². The molecular weight excluding hydrogens is 372 g/mol. The van der Waals surface area contributed by atoms with E-state index in [1.807, 2.05) is 0 Å². The molecule has 1 N–H and O–H groups in total. The third kappa shape index (κ3) is 4.55. The van der Waals surface area contributed by atoms with E-state index in [0.29, 0.717) is 17.0 Å². The molecule has 0 radical (unpaired) electrons. The Kier molecular flexibility index (Phi) is 4.99. The monoisotopic (exact) mass is 386 g/mol. The van der Waals surface area contributed by atoms with Crippen LogP contribution in [0, 0.1) is 17.0 Å². The number of anilines is 1. The van der Waals surface area contributed by atoms with Crippen molar-refractivity contribution in [3.05, 3.63) is 76.0 Å². The largest absolute Gasteiger partial charge is 0.360 e. The quantitative estimate of drug-likeness (QED) is 0.393. The first-order valence-corrected chi connectivity index (χ1v) is 9.16. The van der Waals surface area contributed by atoms with Gasteiger partial charge < -0.3 is 4.52 Å². The van der Waals surface area contributed by atoms with Crippen LogP contribution < -0.4 is 4.72 Å². The predicted octanol–water partition coefficient (Wildman–Crippen LogP) is 3.44. The molecule has 1 aromatic heterocycles. The Labute approximate surface area is 154 Å². The minimum Gasteiger partial charge on any atom is -0.360 e. The average molecular weight is 386 g/mol. The second-order valence-corrected chi connectivity index (χ2v) is 7.21. The number of aryl methyl sites for hydroxylation is 1. The smallest absolute Gasteiger partial charge is 0.270 e. The van der Waals surface area contributed by atoms with Crippen molar-refractivity contribution in [2.24, 2.45) is 4.99 Å². The molecule has 3 aromatic rings. The molecule has 3 rings (SSSR count). The van der Waals surface area contributed by atoms with Crippen molar-refractivity contribution in [3.63, 3.8) is 0 Å². The Hall–Kier alpha value is -3.53. The van der Waals surface area contributed by atoms with Crippen molar-refractivity contribution in [2.45, 2.75) is 11.8 Å². The van der Waals surface area contributed by atoms with Gasteiger partial charge in [-0.05, 0) is 36.8 Å². The third-order valence-electron chi connectivity index (χ3n) is 3.46. The topological polar surface area (TPSA) is 128 Å². The highest BCUT2D eigenvalue weighted by molar-refractivity contribution is 7.92. The van der Waals surface area contributed by atoms with E-state index in [-0.39, 0.29) is 16.4 Å². The maximum Gasteiger partial charge on any atom is 0.270 e. The highest BCUT2D eigenvalue weighted by Gasteiger charge is 2.16. The number of benzene rings is 2. The summed E-state index contributed by atoms with van der Waals surface area (Å²) in [6.45, 7) is 1.65. The number of non-ortho nitro benzene ring substituents is 1. The zero-order valence-corrected chi connectivity index (χ0v) is 14.9. The van der Waals surface area contributed by atoms with Gasteiger partial charge in [-0.2, -0.15) is 0 Å². The van der Waals surface area contributed by atoms with Gasteiger partial charge in [0, 0.05) is 24.4 Å². The molecule has 0 aliphatic heterocycles. The summed E-state index contributed by atoms with van der Waals surface area (Å²) >= 11 is 0. The first-order valence-electron chi connectivity index (χ1n) is 7.68. The number of aromatic nitrogens is 1. The van der Waals surface area contributed by atoms with Crippen LogP contribution in [0.2, 0.25) is 0 Å². The van der Waals surface area contributed by atoms with Gasteiger partial charge in [-0.15, -0.1) is 0 Å². The Morgan fingerprint density at radius 3 is 2.56 bits per heavy atom. The highest BCUT2D eigenvalue weighted by atomic mass is 32.2. The average Bonchev–Trinajstić information content (AvgIpc) is 3.04. The van der Waals surface area contributed by atoms with Crippen LogP contribution in [0.3, 0.4) is 0 Å². The number of sulfonamides is 1. The summed E-state index contributed by atoms with van der Waals surface area (Å²) in [6, 6.07) is 13.3. The molecule has 0 atom stereocenters. The molecule has 138 valence electrons. The number of nitro groups is 1. The zero-order chi connectivity index (χ0) is 19.4. The van der Waals surface area contributed by atoms with Gasteiger partial charge in [0.1, 0.15) is 5.76 Å². The van der Waals surface area contributed by atoms with E-state index in [9.17, 15) is 18.5 Å². The van der Waals surface area contributed by atoms with E-state index in [1.54, 1.807) is 19.1 Å². The molecule has 2 aromatic carbocycles. The number of nitrogens with one attached hydrogen (secondary N) is 1. The minimum absolute atomic E-state index is 0.0328. The summed E-state index contributed by atoms with van der Waals surface area (Å²) in [5, 5.41) is 14.4. The zero-order valence-electron chi connectivity index (χ0n) is 14.1. The maximum atomic E-state index is 12.3. The van der Waals surface area contributed by atoms with Gasteiger partial charge in [0.2, 0.25) is 0 Å². The van der Waals surface area contributed by atoms with Gasteiger partial charge in [0.15, 0.2) is 5.82 Å². The van der Waals surface area contributed by atoms with Crippen LogP contribution in [0.15, 0.2) is 69.0 Å². The number of hydrogen-bond donors (Lipinski definition) is 1. The number of rotatable bonds is 6. The number of nitro benzene ring substituents is 1. The van der Waals surface area contributed by atoms with Crippen LogP contribution in [-0.4, -0.2) is 24.7 Å². The number of hydrogen-bond acceptors (Lipinski definition) is 7. The first kappa shape index (κ1) is 18.3. The highest BCUT2D eigenvalue weighted by Crippen LogP contribution is 2.20. The van der Waals surface area contributed by atoms with Crippen molar-refractivity contribution in [3.8, 4) is 0 Å². The molecule has 0 unspecified atom stereocenters. The van der Waals surface area contributed by atoms with Crippen LogP contribution in [0.1, 0.15) is 11.3 Å². The molecule has 0 amide bonds. The molecule has 9 nitrogen and oxygen atoms in total. The molecular formula is C17H14N4O5S. The summed E-state index contributed by atoms with van der Waals surface area (Å²) in [7, 11) is -3.80. The molecule has 1 heterocycles. The van der Waals surface area contributed by atoms with Gasteiger partial charge >= 0.3 is 0 Å². The fourth-order valence-corrected chi connectivity index (χ4v) is 3.17. The van der Waals surface area contributed by atoms with Gasteiger partial charge in [-0.1, -0.05) is 17.3 Å². The molecule has 0 spiro atoms. The summed E-state index contributed by atoms with van der Waals surface area (Å²) in [5.41, 5.74) is 1.02. The van der Waals surface area contributed by atoms with Crippen LogP contribution in [0.4, 0.5) is 17.2 Å². The SMILES string of the molecule is Cc1cc(NS(=O)(=O)c2ccc(N=Cc3cccc([N+](=O)[O-])c3)cc2)no1. The van der Waals surface area contributed by atoms with Crippen molar-refractivity contribution in [2.75, 3.05) is 4.72 Å². The van der Waals surface area contributed by atoms with Crippen molar-refractivity contribution in [1.82, 2.24) is 5.16 Å². The fraction of sp³-hybridized carbons (Fsp3) is 0.0588. The lowest BCUT2D eigenvalue weighted by atomic mass is 10.2. The van der Waals surface area contributed by atoms with Crippen LogP contribution in [-0.2, 0) is 10.0 Å². The first-order chi connectivity index (χ1) is 12.8. The van der Waals surface area contributed by atoms with Gasteiger partial charge in [0.05, 0.1) is 15.5 Å². The Bertz CT molecular complexity index is 1100. The van der Waals surface area contributed by atoms with Crippen LogP contribution in [0.5, 0.6) is 0 Å². The van der Waals surface area contributed by atoms with Crippen LogP contribution in [0.25, 0.3) is 0 Å². The summed E-state index contributed by atoms with van der Waals surface area (Å²) < 4.78 is 31.8. The van der Waals surface area contributed by atoms with Gasteiger partial charge in [-0.3, -0.25) is 19.8 Å². The van der Waals surface area contributed by atoms with Crippen molar-refractivity contribution < 1.29 is 17.9 Å². The van der Waals surface area contributed by atoms with E-state index in [0.717, 1.165) is 0 Å². The maximum absolute atomic E-state index is 12.3. The van der Waals surface area contributed by atoms with E-state index in [1.165, 1.54) is 48.7 Å². The molecule has 0 aliphatic rings. The molecule has 10 heteroatoms. The minimum atomic E-state index is -3.80.